The largest absolute Gasteiger partial charge is 0.419 e. The van der Waals surface area contributed by atoms with Gasteiger partial charge in [-0.3, -0.25) is 4.79 Å². The summed E-state index contributed by atoms with van der Waals surface area (Å²) >= 11 is 3.22. The Kier molecular flexibility index (Phi) is 4.32. The van der Waals surface area contributed by atoms with Crippen LogP contribution < -0.4 is 5.32 Å². The van der Waals surface area contributed by atoms with E-state index >= 15 is 0 Å². The Balaban J connectivity index is 2.25. The molecular formula is C14H8BrF4NO. The molecule has 0 saturated carbocycles. The predicted octanol–water partition coefficient (Wildman–Crippen LogP) is 4.86. The highest BCUT2D eigenvalue weighted by atomic mass is 79.9. The summed E-state index contributed by atoms with van der Waals surface area (Å²) in [6.07, 6.45) is -4.85. The number of halogens is 5. The lowest BCUT2D eigenvalue weighted by Crippen LogP contribution is -2.15. The Morgan fingerprint density at radius 2 is 1.67 bits per heavy atom. The second-order valence-electron chi connectivity index (χ2n) is 4.15. The van der Waals surface area contributed by atoms with Crippen LogP contribution in [0, 0.1) is 5.82 Å². The van der Waals surface area contributed by atoms with Crippen molar-refractivity contribution in [1.82, 2.24) is 0 Å². The molecule has 0 aliphatic carbocycles. The molecule has 1 N–H and O–H groups in total. The van der Waals surface area contributed by atoms with Crippen molar-refractivity contribution in [2.75, 3.05) is 5.32 Å². The minimum absolute atomic E-state index is 0.272. The Morgan fingerprint density at radius 3 is 2.24 bits per heavy atom. The molecule has 2 aromatic carbocycles. The fraction of sp³-hybridized carbons (Fsp3) is 0.0714. The lowest BCUT2D eigenvalue weighted by molar-refractivity contribution is -0.140. The number of alkyl halides is 3. The number of hydrogen-bond donors (Lipinski definition) is 1. The SMILES string of the molecule is O=C(Nc1ccc(Br)cc1)c1ccc(F)c(C(F)(F)F)c1. The first-order valence-corrected chi connectivity index (χ1v) is 6.50. The van der Waals surface area contributed by atoms with Crippen molar-refractivity contribution in [1.29, 1.82) is 0 Å². The van der Waals surface area contributed by atoms with Gasteiger partial charge in [-0.05, 0) is 42.5 Å². The molecule has 0 radical (unpaired) electrons. The van der Waals surface area contributed by atoms with Crippen molar-refractivity contribution in [2.24, 2.45) is 0 Å². The van der Waals surface area contributed by atoms with Crippen LogP contribution in [-0.4, -0.2) is 5.91 Å². The summed E-state index contributed by atoms with van der Waals surface area (Å²) in [6, 6.07) is 8.61. The van der Waals surface area contributed by atoms with Gasteiger partial charge in [-0.15, -0.1) is 0 Å². The second kappa shape index (κ2) is 5.85. The summed E-state index contributed by atoms with van der Waals surface area (Å²) < 4.78 is 51.7. The third-order valence-electron chi connectivity index (χ3n) is 2.64. The Bertz CT molecular complexity index is 668. The summed E-state index contributed by atoms with van der Waals surface area (Å²) in [5.74, 6) is -2.16. The average molecular weight is 362 g/mol. The first-order valence-electron chi connectivity index (χ1n) is 5.71. The Hall–Kier alpha value is -1.89. The molecule has 0 aliphatic heterocycles. The van der Waals surface area contributed by atoms with E-state index in [1.54, 1.807) is 24.3 Å². The van der Waals surface area contributed by atoms with E-state index < -0.39 is 23.5 Å². The molecule has 21 heavy (non-hydrogen) atoms. The van der Waals surface area contributed by atoms with E-state index in [0.717, 1.165) is 10.5 Å². The van der Waals surface area contributed by atoms with E-state index in [4.69, 9.17) is 0 Å². The third kappa shape index (κ3) is 3.81. The van der Waals surface area contributed by atoms with E-state index in [2.05, 4.69) is 21.2 Å². The third-order valence-corrected chi connectivity index (χ3v) is 3.16. The van der Waals surface area contributed by atoms with Crippen LogP contribution in [0.1, 0.15) is 15.9 Å². The zero-order valence-corrected chi connectivity index (χ0v) is 11.9. The van der Waals surface area contributed by atoms with Gasteiger partial charge in [0.15, 0.2) is 0 Å². The standard InChI is InChI=1S/C14H8BrF4NO/c15-9-2-4-10(5-3-9)20-13(21)8-1-6-12(16)11(7-8)14(17,18)19/h1-7H,(H,20,21). The highest BCUT2D eigenvalue weighted by Crippen LogP contribution is 2.32. The van der Waals surface area contributed by atoms with Crippen LogP contribution in [0.25, 0.3) is 0 Å². The fourth-order valence-electron chi connectivity index (χ4n) is 1.62. The number of hydrogen-bond acceptors (Lipinski definition) is 1. The van der Waals surface area contributed by atoms with Gasteiger partial charge in [0.25, 0.3) is 5.91 Å². The number of amides is 1. The molecule has 7 heteroatoms. The second-order valence-corrected chi connectivity index (χ2v) is 5.07. The summed E-state index contributed by atoms with van der Waals surface area (Å²) in [5.41, 5.74) is -1.32. The minimum Gasteiger partial charge on any atom is -0.322 e. The molecule has 1 amide bonds. The molecule has 0 heterocycles. The van der Waals surface area contributed by atoms with Crippen LogP contribution in [0.4, 0.5) is 23.2 Å². The molecule has 0 saturated heterocycles. The first kappa shape index (κ1) is 15.5. The number of anilines is 1. The summed E-state index contributed by atoms with van der Waals surface area (Å²) in [5, 5.41) is 2.43. The average Bonchev–Trinajstić information content (AvgIpc) is 2.40. The molecule has 0 fully saturated rings. The molecule has 110 valence electrons. The van der Waals surface area contributed by atoms with Crippen molar-refractivity contribution in [2.45, 2.75) is 6.18 Å². The summed E-state index contributed by atoms with van der Waals surface area (Å²) in [4.78, 5) is 11.9. The monoisotopic (exact) mass is 361 g/mol. The van der Waals surface area contributed by atoms with E-state index in [-0.39, 0.29) is 5.56 Å². The minimum atomic E-state index is -4.85. The van der Waals surface area contributed by atoms with Gasteiger partial charge < -0.3 is 5.32 Å². The number of benzene rings is 2. The normalized spacial score (nSPS) is 11.3. The number of carbonyl (C=O) groups excluding carboxylic acids is 1. The maximum absolute atomic E-state index is 13.1. The zero-order chi connectivity index (χ0) is 15.6. The van der Waals surface area contributed by atoms with Crippen LogP contribution in [0.3, 0.4) is 0 Å². The van der Waals surface area contributed by atoms with Gasteiger partial charge in [0, 0.05) is 15.7 Å². The van der Waals surface area contributed by atoms with Crippen LogP contribution in [0.15, 0.2) is 46.9 Å². The van der Waals surface area contributed by atoms with Gasteiger partial charge in [-0.2, -0.15) is 13.2 Å². The number of carbonyl (C=O) groups is 1. The molecule has 0 atom stereocenters. The lowest BCUT2D eigenvalue weighted by atomic mass is 10.1. The van der Waals surface area contributed by atoms with Crippen LogP contribution in [0.2, 0.25) is 0 Å². The maximum Gasteiger partial charge on any atom is 0.419 e. The number of nitrogens with one attached hydrogen (secondary N) is 1. The zero-order valence-electron chi connectivity index (χ0n) is 10.3. The molecule has 0 aromatic heterocycles. The Morgan fingerprint density at radius 1 is 1.05 bits per heavy atom. The van der Waals surface area contributed by atoms with Crippen LogP contribution >= 0.6 is 15.9 Å². The number of rotatable bonds is 2. The van der Waals surface area contributed by atoms with Crippen LogP contribution in [0.5, 0.6) is 0 Å². The maximum atomic E-state index is 13.1. The van der Waals surface area contributed by atoms with E-state index in [0.29, 0.717) is 17.8 Å². The van der Waals surface area contributed by atoms with Gasteiger partial charge in [-0.1, -0.05) is 15.9 Å². The molecular weight excluding hydrogens is 354 g/mol. The lowest BCUT2D eigenvalue weighted by Gasteiger charge is -2.10. The topological polar surface area (TPSA) is 29.1 Å². The van der Waals surface area contributed by atoms with E-state index in [1.165, 1.54) is 0 Å². The fourth-order valence-corrected chi connectivity index (χ4v) is 1.88. The van der Waals surface area contributed by atoms with Crippen molar-refractivity contribution in [3.05, 3.63) is 63.9 Å². The molecule has 2 nitrogen and oxygen atoms in total. The molecule has 2 aromatic rings. The molecule has 0 aliphatic rings. The quantitative estimate of drug-likeness (QED) is 0.760. The summed E-state index contributed by atoms with van der Waals surface area (Å²) in [6.45, 7) is 0. The molecule has 0 unspecified atom stereocenters. The van der Waals surface area contributed by atoms with Crippen molar-refractivity contribution in [3.63, 3.8) is 0 Å². The predicted molar refractivity (Wildman–Crippen MR) is 73.5 cm³/mol. The van der Waals surface area contributed by atoms with Crippen molar-refractivity contribution in [3.8, 4) is 0 Å². The molecule has 2 rings (SSSR count). The van der Waals surface area contributed by atoms with Gasteiger partial charge in [0.2, 0.25) is 0 Å². The van der Waals surface area contributed by atoms with Gasteiger partial charge in [0.05, 0.1) is 5.56 Å². The Labute approximate surface area is 125 Å². The smallest absolute Gasteiger partial charge is 0.322 e. The van der Waals surface area contributed by atoms with Gasteiger partial charge in [-0.25, -0.2) is 4.39 Å². The van der Waals surface area contributed by atoms with Crippen LogP contribution in [-0.2, 0) is 6.18 Å². The van der Waals surface area contributed by atoms with Gasteiger partial charge >= 0.3 is 6.18 Å². The van der Waals surface area contributed by atoms with Crippen molar-refractivity contribution < 1.29 is 22.4 Å². The highest BCUT2D eigenvalue weighted by Gasteiger charge is 2.34. The first-order chi connectivity index (χ1) is 9.77. The molecule has 0 spiro atoms. The molecule has 0 bridgehead atoms. The van der Waals surface area contributed by atoms with Crippen molar-refractivity contribution >= 4 is 27.5 Å². The van der Waals surface area contributed by atoms with E-state index in [9.17, 15) is 22.4 Å². The van der Waals surface area contributed by atoms with E-state index in [1.807, 2.05) is 0 Å². The summed E-state index contributed by atoms with van der Waals surface area (Å²) in [7, 11) is 0. The van der Waals surface area contributed by atoms with Gasteiger partial charge in [0.1, 0.15) is 5.82 Å². The highest BCUT2D eigenvalue weighted by molar-refractivity contribution is 9.10.